The van der Waals surface area contributed by atoms with Gasteiger partial charge in [0.1, 0.15) is 9.96 Å². The van der Waals surface area contributed by atoms with Crippen LogP contribution in [-0.4, -0.2) is 58.5 Å². The van der Waals surface area contributed by atoms with Crippen molar-refractivity contribution in [1.29, 1.82) is 0 Å². The number of sulfonamides is 1. The summed E-state index contributed by atoms with van der Waals surface area (Å²) in [6.07, 6.45) is 3.15. The van der Waals surface area contributed by atoms with Crippen molar-refractivity contribution in [3.63, 3.8) is 0 Å². The van der Waals surface area contributed by atoms with Crippen LogP contribution in [0.2, 0.25) is 0 Å². The van der Waals surface area contributed by atoms with Gasteiger partial charge in [-0.25, -0.2) is 13.2 Å². The van der Waals surface area contributed by atoms with Crippen molar-refractivity contribution in [3.8, 4) is 5.75 Å². The van der Waals surface area contributed by atoms with E-state index in [0.29, 0.717) is 23.9 Å². The first-order valence-corrected chi connectivity index (χ1v) is 12.8. The van der Waals surface area contributed by atoms with Gasteiger partial charge in [-0.3, -0.25) is 9.10 Å². The molecule has 1 fully saturated rings. The van der Waals surface area contributed by atoms with Gasteiger partial charge >= 0.3 is 5.97 Å². The highest BCUT2D eigenvalue weighted by Crippen LogP contribution is 2.30. The highest BCUT2D eigenvalue weighted by Gasteiger charge is 2.27. The zero-order chi connectivity index (χ0) is 23.1. The number of hydrogen-bond donors (Lipinski definition) is 0. The summed E-state index contributed by atoms with van der Waals surface area (Å²) in [5, 5.41) is 1.71. The summed E-state index contributed by atoms with van der Waals surface area (Å²) < 4.78 is 37.1. The van der Waals surface area contributed by atoms with Crippen LogP contribution in [0.25, 0.3) is 0 Å². The summed E-state index contributed by atoms with van der Waals surface area (Å²) in [5.74, 6) is 0.140. The van der Waals surface area contributed by atoms with Crippen molar-refractivity contribution >= 4 is 38.9 Å². The van der Waals surface area contributed by atoms with E-state index in [2.05, 4.69) is 0 Å². The maximum absolute atomic E-state index is 12.6. The summed E-state index contributed by atoms with van der Waals surface area (Å²) in [6, 6.07) is 9.58. The number of carbonyl (C=O) groups excluding carboxylic acids is 2. The Balaban J connectivity index is 1.46. The zero-order valence-electron chi connectivity index (χ0n) is 18.2. The smallest absolute Gasteiger partial charge is 0.344 e. The summed E-state index contributed by atoms with van der Waals surface area (Å²) >= 11 is 1.15. The molecule has 32 heavy (non-hydrogen) atoms. The van der Waals surface area contributed by atoms with Gasteiger partial charge in [0.05, 0.1) is 5.69 Å². The fraction of sp³-hybridized carbons (Fsp3) is 0.455. The molecule has 174 valence electrons. The van der Waals surface area contributed by atoms with Gasteiger partial charge in [0.25, 0.3) is 15.9 Å². The molecule has 0 bridgehead atoms. The Hall–Kier alpha value is -2.59. The summed E-state index contributed by atoms with van der Waals surface area (Å²) in [5.41, 5.74) is 0.464. The van der Waals surface area contributed by atoms with Gasteiger partial charge in [0, 0.05) is 20.1 Å². The van der Waals surface area contributed by atoms with Crippen molar-refractivity contribution in [2.24, 2.45) is 5.92 Å². The number of esters is 1. The minimum absolute atomic E-state index is 0.188. The quantitative estimate of drug-likeness (QED) is 0.433. The molecule has 10 heteroatoms. The van der Waals surface area contributed by atoms with E-state index in [9.17, 15) is 18.0 Å². The first kappa shape index (κ1) is 24.1. The number of rotatable bonds is 12. The Bertz CT molecular complexity index is 1000. The molecule has 1 aliphatic carbocycles. The molecule has 0 radical (unpaired) electrons. The van der Waals surface area contributed by atoms with Crippen LogP contribution < -0.4 is 9.04 Å². The first-order valence-electron chi connectivity index (χ1n) is 10.5. The SMILES string of the molecule is CCCN(CC1CC1)C(=O)COC(=O)COc1ccc(N(C)S(=O)(=O)c2cccs2)cc1. The summed E-state index contributed by atoms with van der Waals surface area (Å²) in [7, 11) is -2.14. The topological polar surface area (TPSA) is 93.2 Å². The summed E-state index contributed by atoms with van der Waals surface area (Å²) in [4.78, 5) is 26.0. The maximum atomic E-state index is 12.6. The molecule has 2 aromatic rings. The van der Waals surface area contributed by atoms with E-state index in [1.54, 1.807) is 46.7 Å². The van der Waals surface area contributed by atoms with Crippen molar-refractivity contribution < 1.29 is 27.5 Å². The molecule has 8 nitrogen and oxygen atoms in total. The lowest BCUT2D eigenvalue weighted by atomic mass is 10.3. The van der Waals surface area contributed by atoms with E-state index in [-0.39, 0.29) is 23.3 Å². The third-order valence-corrected chi connectivity index (χ3v) is 8.20. The van der Waals surface area contributed by atoms with E-state index in [1.165, 1.54) is 11.4 Å². The van der Waals surface area contributed by atoms with Crippen molar-refractivity contribution in [2.45, 2.75) is 30.4 Å². The third kappa shape index (κ3) is 6.46. The van der Waals surface area contributed by atoms with E-state index < -0.39 is 16.0 Å². The molecule has 3 rings (SSSR count). The number of thiophene rings is 1. The predicted octanol–water partition coefficient (Wildman–Crippen LogP) is 3.14. The average Bonchev–Trinajstić information content (AvgIpc) is 3.42. The van der Waals surface area contributed by atoms with Crippen molar-refractivity contribution in [2.75, 3.05) is 37.7 Å². The van der Waals surface area contributed by atoms with Crippen LogP contribution in [0.5, 0.6) is 5.75 Å². The molecule has 0 aliphatic heterocycles. The molecule has 1 aliphatic rings. The Morgan fingerprint density at radius 1 is 1.12 bits per heavy atom. The van der Waals surface area contributed by atoms with Crippen LogP contribution in [0.3, 0.4) is 0 Å². The molecule has 1 amide bonds. The fourth-order valence-corrected chi connectivity index (χ4v) is 5.41. The second kappa shape index (κ2) is 10.8. The second-order valence-corrected chi connectivity index (χ2v) is 10.8. The van der Waals surface area contributed by atoms with Gasteiger partial charge in [-0.1, -0.05) is 13.0 Å². The highest BCUT2D eigenvalue weighted by atomic mass is 32.2. The molecule has 0 unspecified atom stereocenters. The number of carbonyl (C=O) groups is 2. The molecule has 1 aromatic heterocycles. The lowest BCUT2D eigenvalue weighted by Gasteiger charge is -2.21. The van der Waals surface area contributed by atoms with Crippen LogP contribution in [0, 0.1) is 5.92 Å². The third-order valence-electron chi connectivity index (χ3n) is 5.05. The number of anilines is 1. The number of ether oxygens (including phenoxy) is 2. The van der Waals surface area contributed by atoms with Crippen molar-refractivity contribution in [3.05, 3.63) is 41.8 Å². The number of benzene rings is 1. The maximum Gasteiger partial charge on any atom is 0.344 e. The molecule has 1 heterocycles. The van der Waals surface area contributed by atoms with Crippen LogP contribution in [0.4, 0.5) is 5.69 Å². The zero-order valence-corrected chi connectivity index (χ0v) is 19.9. The first-order chi connectivity index (χ1) is 15.3. The van der Waals surface area contributed by atoms with Crippen LogP contribution >= 0.6 is 11.3 Å². The van der Waals surface area contributed by atoms with Gasteiger partial charge < -0.3 is 14.4 Å². The minimum atomic E-state index is -3.62. The molecule has 0 saturated heterocycles. The molecule has 0 N–H and O–H groups in total. The van der Waals surface area contributed by atoms with Crippen molar-refractivity contribution in [1.82, 2.24) is 4.90 Å². The Labute approximate surface area is 192 Å². The molecule has 1 aromatic carbocycles. The normalized spacial score (nSPS) is 13.4. The second-order valence-electron chi connectivity index (χ2n) is 7.63. The predicted molar refractivity (Wildman–Crippen MR) is 122 cm³/mol. The van der Waals surface area contributed by atoms with E-state index in [4.69, 9.17) is 9.47 Å². The molecular weight excluding hydrogens is 452 g/mol. The van der Waals surface area contributed by atoms with E-state index in [0.717, 1.165) is 37.1 Å². The largest absolute Gasteiger partial charge is 0.482 e. The standard InChI is InChI=1S/C22H28N2O6S2/c1-3-12-24(14-17-6-7-17)20(25)15-30-21(26)16-29-19-10-8-18(9-11-19)23(2)32(27,28)22-5-4-13-31-22/h4-5,8-11,13,17H,3,6-7,12,14-16H2,1-2H3. The lowest BCUT2D eigenvalue weighted by Crippen LogP contribution is -2.37. The average molecular weight is 481 g/mol. The molecule has 0 spiro atoms. The van der Waals surface area contributed by atoms with Crippen LogP contribution in [0.1, 0.15) is 26.2 Å². The number of amides is 1. The molecule has 1 saturated carbocycles. The molecular formula is C22H28N2O6S2. The highest BCUT2D eigenvalue weighted by molar-refractivity contribution is 7.94. The fourth-order valence-electron chi connectivity index (χ4n) is 3.05. The van der Waals surface area contributed by atoms with E-state index in [1.807, 2.05) is 6.92 Å². The van der Waals surface area contributed by atoms with Gasteiger partial charge in [-0.15, -0.1) is 11.3 Å². The van der Waals surface area contributed by atoms with Gasteiger partial charge in [0.15, 0.2) is 13.2 Å². The van der Waals surface area contributed by atoms with Gasteiger partial charge in [-0.2, -0.15) is 0 Å². The minimum Gasteiger partial charge on any atom is -0.482 e. The molecule has 0 atom stereocenters. The number of nitrogens with zero attached hydrogens (tertiary/aromatic N) is 2. The van der Waals surface area contributed by atoms with Gasteiger partial charge in [-0.05, 0) is 60.9 Å². The Morgan fingerprint density at radius 2 is 1.84 bits per heavy atom. The van der Waals surface area contributed by atoms with Gasteiger partial charge in [0.2, 0.25) is 0 Å². The van der Waals surface area contributed by atoms with Crippen LogP contribution in [-0.2, 0) is 24.3 Å². The lowest BCUT2D eigenvalue weighted by molar-refractivity contribution is -0.153. The Kier molecular flexibility index (Phi) is 8.14. The van der Waals surface area contributed by atoms with Crippen LogP contribution in [0.15, 0.2) is 46.0 Å². The van der Waals surface area contributed by atoms with E-state index >= 15 is 0 Å². The monoisotopic (exact) mass is 480 g/mol. The summed E-state index contributed by atoms with van der Waals surface area (Å²) in [6.45, 7) is 2.76. The Morgan fingerprint density at radius 3 is 2.44 bits per heavy atom. The number of hydrogen-bond acceptors (Lipinski definition) is 7.